The number of nitrogens with one attached hydrogen (secondary N) is 2. The minimum atomic E-state index is -0.715. The number of aromatic hydroxyl groups is 1. The smallest absolute Gasteiger partial charge is 0.345 e. The molecule has 0 atom stereocenters. The minimum Gasteiger partial charge on any atom is -0.508 e. The Morgan fingerprint density at radius 1 is 1.31 bits per heavy atom. The lowest BCUT2D eigenvalue weighted by Gasteiger charge is -2.03. The Morgan fingerprint density at radius 2 is 1.92 bits per heavy atom. The van der Waals surface area contributed by atoms with Gasteiger partial charge in [-0.15, -0.1) is 4.99 Å². The van der Waals surface area contributed by atoms with E-state index in [1.54, 1.807) is 5.48 Å². The molecule has 6 nitrogen and oxygen atoms in total. The van der Waals surface area contributed by atoms with E-state index in [1.807, 2.05) is 0 Å². The normalized spacial score (nSPS) is 9.31. The van der Waals surface area contributed by atoms with Gasteiger partial charge in [-0.2, -0.15) is 5.48 Å². The predicted molar refractivity (Wildman–Crippen MR) is 44.0 cm³/mol. The van der Waals surface area contributed by atoms with Crippen LogP contribution in [0.25, 0.3) is 0 Å². The summed E-state index contributed by atoms with van der Waals surface area (Å²) in [7, 11) is 0. The van der Waals surface area contributed by atoms with Crippen LogP contribution in [0.15, 0.2) is 24.3 Å². The monoisotopic (exact) mass is 184 g/mol. The van der Waals surface area contributed by atoms with E-state index in [1.165, 1.54) is 24.3 Å². The van der Waals surface area contributed by atoms with Crippen LogP contribution in [0.4, 0.5) is 10.5 Å². The highest BCUT2D eigenvalue weighted by Gasteiger charge is 1.99. The predicted octanol–water partition coefficient (Wildman–Crippen LogP) is 0.918. The highest BCUT2D eigenvalue weighted by atomic mass is 17.2. The maximum absolute atomic E-state index is 10.7. The number of benzene rings is 1. The molecule has 4 N–H and O–H groups in total. The maximum atomic E-state index is 10.7. The van der Waals surface area contributed by atoms with E-state index in [-0.39, 0.29) is 5.75 Å². The van der Waals surface area contributed by atoms with Gasteiger partial charge in [0, 0.05) is 5.69 Å². The van der Waals surface area contributed by atoms with Crippen LogP contribution >= 0.6 is 0 Å². The number of hydroxylamine groups is 1. The first-order valence-corrected chi connectivity index (χ1v) is 3.39. The van der Waals surface area contributed by atoms with Crippen molar-refractivity contribution in [2.45, 2.75) is 0 Å². The lowest BCUT2D eigenvalue weighted by molar-refractivity contribution is -0.276. The van der Waals surface area contributed by atoms with Gasteiger partial charge in [-0.05, 0) is 24.3 Å². The van der Waals surface area contributed by atoms with E-state index in [2.05, 4.69) is 10.3 Å². The van der Waals surface area contributed by atoms with Gasteiger partial charge >= 0.3 is 6.03 Å². The van der Waals surface area contributed by atoms with E-state index in [0.29, 0.717) is 5.69 Å². The average molecular weight is 184 g/mol. The van der Waals surface area contributed by atoms with Crippen molar-refractivity contribution in [3.05, 3.63) is 24.3 Å². The molecule has 2 amide bonds. The Morgan fingerprint density at radius 3 is 2.46 bits per heavy atom. The molecular formula is C7H8N2O4. The SMILES string of the molecule is O=C(NOO)Nc1ccc(O)cc1. The van der Waals surface area contributed by atoms with Gasteiger partial charge in [0.25, 0.3) is 0 Å². The molecule has 0 aliphatic carbocycles. The lowest BCUT2D eigenvalue weighted by atomic mass is 10.3. The molecule has 0 aromatic heterocycles. The van der Waals surface area contributed by atoms with Gasteiger partial charge in [0.2, 0.25) is 0 Å². The van der Waals surface area contributed by atoms with Crippen molar-refractivity contribution in [2.75, 3.05) is 5.32 Å². The molecule has 0 spiro atoms. The number of urea groups is 1. The standard InChI is InChI=1S/C7H8N2O4/c10-6-3-1-5(2-4-6)8-7(11)9-13-12/h1-4,10,12H,(H2,8,9,11). The number of carbonyl (C=O) groups excluding carboxylic acids is 1. The van der Waals surface area contributed by atoms with Crippen LogP contribution in [0, 0.1) is 0 Å². The third-order valence-corrected chi connectivity index (χ3v) is 1.26. The molecular weight excluding hydrogens is 176 g/mol. The summed E-state index contributed by atoms with van der Waals surface area (Å²) in [5.41, 5.74) is 2.12. The third kappa shape index (κ3) is 2.97. The summed E-state index contributed by atoms with van der Waals surface area (Å²) in [4.78, 5) is 14.1. The molecule has 0 saturated heterocycles. The number of anilines is 1. The van der Waals surface area contributed by atoms with Crippen LogP contribution in [0.5, 0.6) is 5.75 Å². The van der Waals surface area contributed by atoms with E-state index in [0.717, 1.165) is 0 Å². The summed E-state index contributed by atoms with van der Waals surface area (Å²) in [6.07, 6.45) is 0. The van der Waals surface area contributed by atoms with Gasteiger partial charge in [0.1, 0.15) is 5.75 Å². The van der Waals surface area contributed by atoms with Crippen molar-refractivity contribution in [1.29, 1.82) is 0 Å². The van der Waals surface area contributed by atoms with Crippen LogP contribution in [-0.4, -0.2) is 16.4 Å². The minimum absolute atomic E-state index is 0.101. The number of amides is 2. The van der Waals surface area contributed by atoms with Crippen molar-refractivity contribution in [2.24, 2.45) is 0 Å². The molecule has 1 rings (SSSR count). The molecule has 0 saturated carbocycles. The van der Waals surface area contributed by atoms with Crippen LogP contribution in [-0.2, 0) is 4.99 Å². The molecule has 1 aromatic rings. The van der Waals surface area contributed by atoms with E-state index >= 15 is 0 Å². The Bertz CT molecular complexity index is 285. The summed E-state index contributed by atoms with van der Waals surface area (Å²) >= 11 is 0. The molecule has 0 aliphatic heterocycles. The fourth-order valence-electron chi connectivity index (χ4n) is 0.743. The van der Waals surface area contributed by atoms with Crippen molar-refractivity contribution in [3.8, 4) is 5.75 Å². The van der Waals surface area contributed by atoms with Crippen LogP contribution < -0.4 is 10.8 Å². The summed E-state index contributed by atoms with van der Waals surface area (Å²) in [6, 6.07) is 5.09. The first kappa shape index (κ1) is 9.30. The van der Waals surface area contributed by atoms with Crippen LogP contribution in [0.1, 0.15) is 0 Å². The van der Waals surface area contributed by atoms with Gasteiger partial charge < -0.3 is 10.4 Å². The second-order valence-corrected chi connectivity index (χ2v) is 2.19. The van der Waals surface area contributed by atoms with Gasteiger partial charge in [-0.3, -0.25) is 0 Å². The van der Waals surface area contributed by atoms with Crippen LogP contribution in [0.3, 0.4) is 0 Å². The molecule has 0 aliphatic rings. The fraction of sp³-hybridized carbons (Fsp3) is 0. The number of hydrogen-bond acceptors (Lipinski definition) is 4. The Kier molecular flexibility index (Phi) is 3.07. The quantitative estimate of drug-likeness (QED) is 0.312. The van der Waals surface area contributed by atoms with E-state index < -0.39 is 6.03 Å². The number of phenolic OH excluding ortho intramolecular Hbond substituents is 1. The summed E-state index contributed by atoms with van der Waals surface area (Å²) < 4.78 is 0. The maximum Gasteiger partial charge on any atom is 0.345 e. The fourth-order valence-corrected chi connectivity index (χ4v) is 0.743. The van der Waals surface area contributed by atoms with Gasteiger partial charge in [-0.25, -0.2) is 10.1 Å². The first-order chi connectivity index (χ1) is 6.22. The van der Waals surface area contributed by atoms with Gasteiger partial charge in [0.15, 0.2) is 0 Å². The van der Waals surface area contributed by atoms with Crippen molar-refractivity contribution in [1.82, 2.24) is 5.48 Å². The molecule has 0 bridgehead atoms. The second-order valence-electron chi connectivity index (χ2n) is 2.19. The lowest BCUT2D eigenvalue weighted by Crippen LogP contribution is -2.27. The summed E-state index contributed by atoms with van der Waals surface area (Å²) in [5, 5.41) is 19.1. The molecule has 13 heavy (non-hydrogen) atoms. The third-order valence-electron chi connectivity index (χ3n) is 1.26. The second kappa shape index (κ2) is 4.29. The van der Waals surface area contributed by atoms with Crippen molar-refractivity contribution >= 4 is 11.7 Å². The largest absolute Gasteiger partial charge is 0.508 e. The average Bonchev–Trinajstić information content (AvgIpc) is 2.09. The number of rotatable bonds is 2. The summed E-state index contributed by atoms with van der Waals surface area (Å²) in [5.74, 6) is 0.101. The molecule has 6 heteroatoms. The topological polar surface area (TPSA) is 90.8 Å². The Labute approximate surface area is 73.6 Å². The van der Waals surface area contributed by atoms with Gasteiger partial charge in [-0.1, -0.05) is 0 Å². The van der Waals surface area contributed by atoms with Crippen LogP contribution in [0.2, 0.25) is 0 Å². The number of hydrogen-bond donors (Lipinski definition) is 4. The molecule has 1 aromatic carbocycles. The number of carbonyl (C=O) groups is 1. The van der Waals surface area contributed by atoms with Crippen molar-refractivity contribution < 1.29 is 20.1 Å². The highest BCUT2D eigenvalue weighted by molar-refractivity contribution is 5.88. The zero-order valence-corrected chi connectivity index (χ0v) is 6.52. The first-order valence-electron chi connectivity index (χ1n) is 3.39. The molecule has 0 radical (unpaired) electrons. The molecule has 0 unspecified atom stereocenters. The van der Waals surface area contributed by atoms with Gasteiger partial charge in [0.05, 0.1) is 0 Å². The zero-order valence-electron chi connectivity index (χ0n) is 6.52. The summed E-state index contributed by atoms with van der Waals surface area (Å²) in [6.45, 7) is 0. The van der Waals surface area contributed by atoms with E-state index in [9.17, 15) is 4.79 Å². The van der Waals surface area contributed by atoms with E-state index in [4.69, 9.17) is 10.4 Å². The molecule has 70 valence electrons. The molecule has 0 fully saturated rings. The zero-order chi connectivity index (χ0) is 9.68. The Hall–Kier alpha value is -1.79. The molecule has 0 heterocycles. The van der Waals surface area contributed by atoms with Crippen molar-refractivity contribution in [3.63, 3.8) is 0 Å². The highest BCUT2D eigenvalue weighted by Crippen LogP contribution is 2.13. The Balaban J connectivity index is 2.54. The number of phenols is 1.